The van der Waals surface area contributed by atoms with Gasteiger partial charge in [-0.25, -0.2) is 0 Å². The smallest absolute Gasteiger partial charge is 0.258 e. The average molecular weight is 370 g/mol. The minimum atomic E-state index is -0.338. The molecule has 8 heteroatoms. The number of carbonyl (C=O) groups excluding carboxylic acids is 2. The number of benzene rings is 1. The number of morpholine rings is 1. The van der Waals surface area contributed by atoms with Crippen LogP contribution in [0.15, 0.2) is 48.8 Å². The number of hydrogen-bond donors (Lipinski definition) is 2. The predicted octanol–water partition coefficient (Wildman–Crippen LogP) is 1.68. The molecule has 1 aromatic carbocycles. The van der Waals surface area contributed by atoms with Crippen LogP contribution in [0.4, 0.5) is 5.69 Å². The van der Waals surface area contributed by atoms with Crippen LogP contribution >= 0.6 is 12.2 Å². The maximum Gasteiger partial charge on any atom is 0.258 e. The van der Waals surface area contributed by atoms with Gasteiger partial charge in [0.05, 0.1) is 18.8 Å². The molecule has 1 aromatic heterocycles. The first-order valence-electron chi connectivity index (χ1n) is 8.13. The fourth-order valence-electron chi connectivity index (χ4n) is 2.48. The lowest BCUT2D eigenvalue weighted by atomic mass is 10.1. The molecule has 0 radical (unpaired) electrons. The number of nitrogens with one attached hydrogen (secondary N) is 2. The second-order valence-corrected chi connectivity index (χ2v) is 6.04. The van der Waals surface area contributed by atoms with E-state index in [0.717, 1.165) is 0 Å². The van der Waals surface area contributed by atoms with E-state index < -0.39 is 0 Å². The third-order valence-corrected chi connectivity index (χ3v) is 4.04. The highest BCUT2D eigenvalue weighted by molar-refractivity contribution is 7.80. The van der Waals surface area contributed by atoms with Gasteiger partial charge in [0, 0.05) is 36.7 Å². The number of ether oxygens (including phenoxy) is 1. The van der Waals surface area contributed by atoms with Crippen molar-refractivity contribution in [1.29, 1.82) is 0 Å². The van der Waals surface area contributed by atoms with Crippen molar-refractivity contribution < 1.29 is 14.3 Å². The molecule has 1 saturated heterocycles. The number of nitrogens with zero attached hydrogens (tertiary/aromatic N) is 2. The zero-order chi connectivity index (χ0) is 18.4. The highest BCUT2D eigenvalue weighted by Crippen LogP contribution is 2.12. The van der Waals surface area contributed by atoms with Crippen molar-refractivity contribution in [2.45, 2.75) is 0 Å². The number of pyridine rings is 1. The highest BCUT2D eigenvalue weighted by atomic mass is 32.1. The highest BCUT2D eigenvalue weighted by Gasteiger charge is 2.18. The Morgan fingerprint density at radius 2 is 1.81 bits per heavy atom. The fourth-order valence-corrected chi connectivity index (χ4v) is 2.69. The fraction of sp³-hybridized carbons (Fsp3) is 0.222. The second-order valence-electron chi connectivity index (χ2n) is 5.63. The number of amides is 2. The largest absolute Gasteiger partial charge is 0.378 e. The number of thiocarbonyl (C=S) groups is 1. The molecule has 0 aliphatic carbocycles. The van der Waals surface area contributed by atoms with E-state index in [2.05, 4.69) is 15.6 Å². The van der Waals surface area contributed by atoms with Gasteiger partial charge in [-0.15, -0.1) is 0 Å². The van der Waals surface area contributed by atoms with Crippen LogP contribution in [0.3, 0.4) is 0 Å². The van der Waals surface area contributed by atoms with Crippen LogP contribution in [0, 0.1) is 0 Å². The lowest BCUT2D eigenvalue weighted by Crippen LogP contribution is -2.40. The number of rotatable bonds is 3. The summed E-state index contributed by atoms with van der Waals surface area (Å²) in [6.07, 6.45) is 3.05. The van der Waals surface area contributed by atoms with Crippen LogP contribution in [-0.2, 0) is 4.74 Å². The molecular weight excluding hydrogens is 352 g/mol. The average Bonchev–Trinajstić information content (AvgIpc) is 2.69. The molecular formula is C18H18N4O3S. The molecule has 1 aliphatic rings. The Balaban J connectivity index is 1.56. The Labute approximate surface area is 156 Å². The summed E-state index contributed by atoms with van der Waals surface area (Å²) in [6.45, 7) is 2.33. The number of carbonyl (C=O) groups is 2. The second kappa shape index (κ2) is 8.50. The lowest BCUT2D eigenvalue weighted by Gasteiger charge is -2.26. The van der Waals surface area contributed by atoms with E-state index in [-0.39, 0.29) is 16.9 Å². The Bertz CT molecular complexity index is 790. The van der Waals surface area contributed by atoms with Crippen molar-refractivity contribution >= 4 is 34.8 Å². The van der Waals surface area contributed by atoms with Crippen LogP contribution < -0.4 is 10.6 Å². The Hall–Kier alpha value is -2.84. The van der Waals surface area contributed by atoms with Gasteiger partial charge in [-0.05, 0) is 48.6 Å². The number of anilines is 1. The summed E-state index contributed by atoms with van der Waals surface area (Å²) < 4.78 is 5.26. The summed E-state index contributed by atoms with van der Waals surface area (Å²) in [5, 5.41) is 5.68. The Kier molecular flexibility index (Phi) is 5.88. The topological polar surface area (TPSA) is 83.6 Å². The quantitative estimate of drug-likeness (QED) is 0.800. The summed E-state index contributed by atoms with van der Waals surface area (Å²) >= 11 is 5.15. The van der Waals surface area contributed by atoms with Crippen LogP contribution in [0.5, 0.6) is 0 Å². The summed E-state index contributed by atoms with van der Waals surface area (Å²) in [6, 6.07) is 10.3. The van der Waals surface area contributed by atoms with Gasteiger partial charge >= 0.3 is 0 Å². The molecule has 0 saturated carbocycles. The molecule has 2 aromatic rings. The van der Waals surface area contributed by atoms with E-state index in [1.807, 2.05) is 0 Å². The van der Waals surface area contributed by atoms with Gasteiger partial charge < -0.3 is 15.0 Å². The minimum Gasteiger partial charge on any atom is -0.378 e. The molecule has 1 aliphatic heterocycles. The van der Waals surface area contributed by atoms with Crippen molar-refractivity contribution in [3.63, 3.8) is 0 Å². The molecule has 2 amide bonds. The minimum absolute atomic E-state index is 0.0210. The van der Waals surface area contributed by atoms with E-state index in [4.69, 9.17) is 17.0 Å². The van der Waals surface area contributed by atoms with E-state index >= 15 is 0 Å². The van der Waals surface area contributed by atoms with E-state index in [1.165, 1.54) is 6.20 Å². The number of aromatic nitrogens is 1. The van der Waals surface area contributed by atoms with E-state index in [0.29, 0.717) is 43.1 Å². The SMILES string of the molecule is O=C(NC(=S)Nc1ccc(C(=O)N2CCOCC2)cc1)c1cccnc1. The van der Waals surface area contributed by atoms with Crippen molar-refractivity contribution in [2.24, 2.45) is 0 Å². The van der Waals surface area contributed by atoms with Crippen molar-refractivity contribution in [2.75, 3.05) is 31.6 Å². The third kappa shape index (κ3) is 4.62. The van der Waals surface area contributed by atoms with Gasteiger partial charge in [-0.1, -0.05) is 0 Å². The van der Waals surface area contributed by atoms with Gasteiger partial charge in [0.25, 0.3) is 11.8 Å². The van der Waals surface area contributed by atoms with Crippen molar-refractivity contribution in [1.82, 2.24) is 15.2 Å². The summed E-state index contributed by atoms with van der Waals surface area (Å²) in [7, 11) is 0. The molecule has 0 unspecified atom stereocenters. The third-order valence-electron chi connectivity index (χ3n) is 3.84. The molecule has 7 nitrogen and oxygen atoms in total. The van der Waals surface area contributed by atoms with Crippen molar-refractivity contribution in [3.05, 3.63) is 59.9 Å². The maximum atomic E-state index is 12.4. The van der Waals surface area contributed by atoms with Crippen molar-refractivity contribution in [3.8, 4) is 0 Å². The van der Waals surface area contributed by atoms with Gasteiger partial charge in [0.15, 0.2) is 5.11 Å². The first-order valence-corrected chi connectivity index (χ1v) is 8.54. The maximum absolute atomic E-state index is 12.4. The standard InChI is InChI=1S/C18H18N4O3S/c23-16(14-2-1-7-19-12-14)21-18(26)20-15-5-3-13(4-6-15)17(24)22-8-10-25-11-9-22/h1-7,12H,8-11H2,(H2,20,21,23,26). The van der Waals surface area contributed by atoms with Gasteiger partial charge in [-0.3, -0.25) is 19.9 Å². The lowest BCUT2D eigenvalue weighted by molar-refractivity contribution is 0.0303. The summed E-state index contributed by atoms with van der Waals surface area (Å²) in [5.74, 6) is -0.359. The zero-order valence-corrected chi connectivity index (χ0v) is 14.8. The van der Waals surface area contributed by atoms with Crippen LogP contribution in [-0.4, -0.2) is 53.1 Å². The van der Waals surface area contributed by atoms with Crippen LogP contribution in [0.1, 0.15) is 20.7 Å². The van der Waals surface area contributed by atoms with Gasteiger partial charge in [0.1, 0.15) is 0 Å². The molecule has 26 heavy (non-hydrogen) atoms. The van der Waals surface area contributed by atoms with Gasteiger partial charge in [-0.2, -0.15) is 0 Å². The zero-order valence-electron chi connectivity index (χ0n) is 14.0. The molecule has 0 atom stereocenters. The van der Waals surface area contributed by atoms with E-state index in [9.17, 15) is 9.59 Å². The van der Waals surface area contributed by atoms with Gasteiger partial charge in [0.2, 0.25) is 0 Å². The van der Waals surface area contributed by atoms with Crippen LogP contribution in [0.25, 0.3) is 0 Å². The molecule has 0 spiro atoms. The molecule has 134 valence electrons. The van der Waals surface area contributed by atoms with E-state index in [1.54, 1.807) is 47.5 Å². The molecule has 3 rings (SSSR count). The predicted molar refractivity (Wildman–Crippen MR) is 101 cm³/mol. The molecule has 1 fully saturated rings. The summed E-state index contributed by atoms with van der Waals surface area (Å²) in [5.41, 5.74) is 1.70. The Morgan fingerprint density at radius 3 is 2.46 bits per heavy atom. The molecule has 2 heterocycles. The monoisotopic (exact) mass is 370 g/mol. The Morgan fingerprint density at radius 1 is 1.08 bits per heavy atom. The van der Waals surface area contributed by atoms with Crippen LogP contribution in [0.2, 0.25) is 0 Å². The first kappa shape index (κ1) is 18.0. The molecule has 0 bridgehead atoms. The molecule has 2 N–H and O–H groups in total. The number of hydrogen-bond acceptors (Lipinski definition) is 5. The first-order chi connectivity index (χ1) is 12.6. The summed E-state index contributed by atoms with van der Waals surface area (Å²) in [4.78, 5) is 30.1. The normalized spacial score (nSPS) is 13.8.